The molecule has 174 valence electrons. The number of piperidine rings is 1. The maximum Gasteiger partial charge on any atom is 0.227 e. The van der Waals surface area contributed by atoms with Crippen LogP contribution in [0.3, 0.4) is 0 Å². The highest BCUT2D eigenvalue weighted by atomic mass is 16.2. The lowest BCUT2D eigenvalue weighted by atomic mass is 9.96. The summed E-state index contributed by atoms with van der Waals surface area (Å²) in [6.45, 7) is 6.16. The summed E-state index contributed by atoms with van der Waals surface area (Å²) in [5.41, 5.74) is 4.56. The number of hydrogen-bond donors (Lipinski definition) is 0. The molecule has 4 heterocycles. The van der Waals surface area contributed by atoms with E-state index in [-0.39, 0.29) is 5.92 Å². The summed E-state index contributed by atoms with van der Waals surface area (Å²) in [5, 5.41) is 0. The molecule has 0 radical (unpaired) electrons. The summed E-state index contributed by atoms with van der Waals surface area (Å²) in [7, 11) is 0. The van der Waals surface area contributed by atoms with Gasteiger partial charge in [0.25, 0.3) is 0 Å². The van der Waals surface area contributed by atoms with Crippen molar-refractivity contribution in [1.29, 1.82) is 0 Å². The zero-order valence-electron chi connectivity index (χ0n) is 19.5. The summed E-state index contributed by atoms with van der Waals surface area (Å²) in [5.74, 6) is 1.35. The van der Waals surface area contributed by atoms with E-state index in [0.29, 0.717) is 5.91 Å². The molecule has 1 atom stereocenters. The molecule has 4 aromatic rings. The van der Waals surface area contributed by atoms with Crippen LogP contribution >= 0.6 is 0 Å². The lowest BCUT2D eigenvalue weighted by Crippen LogP contribution is -2.52. The minimum Gasteiger partial charge on any atom is -0.354 e. The molecule has 1 amide bonds. The molecule has 0 bridgehead atoms. The van der Waals surface area contributed by atoms with Crippen molar-refractivity contribution in [3.63, 3.8) is 0 Å². The van der Waals surface area contributed by atoms with Crippen molar-refractivity contribution in [1.82, 2.24) is 19.2 Å². The number of nitrogens with zero attached hydrogens (tertiary/aromatic N) is 5. The maximum absolute atomic E-state index is 13.5. The van der Waals surface area contributed by atoms with Crippen molar-refractivity contribution < 1.29 is 4.79 Å². The second-order valence-corrected chi connectivity index (χ2v) is 9.56. The number of rotatable bonds is 4. The van der Waals surface area contributed by atoms with E-state index < -0.39 is 0 Å². The third kappa shape index (κ3) is 4.03. The lowest BCUT2D eigenvalue weighted by molar-refractivity contribution is -0.137. The van der Waals surface area contributed by atoms with Gasteiger partial charge in [0.05, 0.1) is 22.5 Å². The quantitative estimate of drug-likeness (QED) is 0.468. The summed E-state index contributed by atoms with van der Waals surface area (Å²) >= 11 is 0. The second kappa shape index (κ2) is 9.11. The monoisotopic (exact) mass is 453 g/mol. The Balaban J connectivity index is 1.15. The number of hydrogen-bond acceptors (Lipinski definition) is 4. The number of anilines is 1. The molecule has 1 unspecified atom stereocenters. The minimum absolute atomic E-state index is 0.0395. The highest BCUT2D eigenvalue weighted by Crippen LogP contribution is 2.29. The molecule has 6 rings (SSSR count). The first-order chi connectivity index (χ1) is 16.8. The third-order valence-corrected chi connectivity index (χ3v) is 7.35. The van der Waals surface area contributed by atoms with Gasteiger partial charge in [0.1, 0.15) is 0 Å². The van der Waals surface area contributed by atoms with Crippen molar-refractivity contribution in [2.75, 3.05) is 44.2 Å². The molecule has 2 saturated heterocycles. The van der Waals surface area contributed by atoms with Gasteiger partial charge in [-0.2, -0.15) is 0 Å². The van der Waals surface area contributed by atoms with Gasteiger partial charge in [-0.05, 0) is 42.7 Å². The Labute approximate surface area is 200 Å². The van der Waals surface area contributed by atoms with Crippen molar-refractivity contribution in [3.05, 3.63) is 78.5 Å². The van der Waals surface area contributed by atoms with E-state index >= 15 is 0 Å². The number of fused-ring (bicyclic) bond motifs is 3. The predicted molar refractivity (Wildman–Crippen MR) is 136 cm³/mol. The van der Waals surface area contributed by atoms with E-state index in [2.05, 4.69) is 86.0 Å². The molecule has 34 heavy (non-hydrogen) atoms. The first-order valence-corrected chi connectivity index (χ1v) is 12.4. The number of carbonyl (C=O) groups excluding carboxylic acids is 1. The summed E-state index contributed by atoms with van der Waals surface area (Å²) in [4.78, 5) is 25.4. The molecule has 0 saturated carbocycles. The van der Waals surface area contributed by atoms with Crippen LogP contribution < -0.4 is 4.90 Å². The van der Waals surface area contributed by atoms with Gasteiger partial charge in [-0.15, -0.1) is 0 Å². The summed E-state index contributed by atoms with van der Waals surface area (Å²) < 4.78 is 2.22. The first kappa shape index (κ1) is 21.2. The second-order valence-electron chi connectivity index (χ2n) is 9.56. The van der Waals surface area contributed by atoms with Gasteiger partial charge < -0.3 is 14.2 Å². The van der Waals surface area contributed by atoms with Gasteiger partial charge in [0.2, 0.25) is 5.91 Å². The fraction of sp³-hybridized carbons (Fsp3) is 0.357. The van der Waals surface area contributed by atoms with Crippen LogP contribution in [0.15, 0.2) is 72.9 Å². The average molecular weight is 454 g/mol. The fourth-order valence-corrected chi connectivity index (χ4v) is 5.54. The molecule has 2 fully saturated rings. The molecular weight excluding hydrogens is 422 g/mol. The van der Waals surface area contributed by atoms with E-state index in [4.69, 9.17) is 4.98 Å². The van der Waals surface area contributed by atoms with Crippen LogP contribution in [0.4, 0.5) is 5.82 Å². The van der Waals surface area contributed by atoms with Crippen LogP contribution in [0.2, 0.25) is 0 Å². The molecule has 2 aliphatic heterocycles. The van der Waals surface area contributed by atoms with Gasteiger partial charge in [0, 0.05) is 52.0 Å². The number of amides is 1. The maximum atomic E-state index is 13.5. The Morgan fingerprint density at radius 2 is 1.62 bits per heavy atom. The number of benzene rings is 2. The normalized spacial score (nSPS) is 19.7. The van der Waals surface area contributed by atoms with Crippen LogP contribution in [-0.4, -0.2) is 64.4 Å². The highest BCUT2D eigenvalue weighted by molar-refractivity contribution is 5.86. The van der Waals surface area contributed by atoms with E-state index in [0.717, 1.165) is 81.0 Å². The molecular formula is C28H31N5O. The van der Waals surface area contributed by atoms with Crippen LogP contribution in [0, 0.1) is 5.92 Å². The number of piperazine rings is 1. The number of para-hydroxylation sites is 2. The topological polar surface area (TPSA) is 44.1 Å². The van der Waals surface area contributed by atoms with Gasteiger partial charge in [0.15, 0.2) is 5.82 Å². The van der Waals surface area contributed by atoms with E-state index in [1.807, 2.05) is 6.07 Å². The molecule has 0 N–H and O–H groups in total. The van der Waals surface area contributed by atoms with Crippen molar-refractivity contribution >= 4 is 28.3 Å². The number of aromatic nitrogens is 2. The van der Waals surface area contributed by atoms with E-state index in [9.17, 15) is 4.79 Å². The molecule has 0 aliphatic carbocycles. The molecule has 2 aromatic carbocycles. The smallest absolute Gasteiger partial charge is 0.227 e. The largest absolute Gasteiger partial charge is 0.354 e. The molecule has 6 heteroatoms. The zero-order chi connectivity index (χ0) is 22.9. The van der Waals surface area contributed by atoms with Crippen LogP contribution in [0.5, 0.6) is 0 Å². The van der Waals surface area contributed by atoms with Crippen LogP contribution in [0.25, 0.3) is 16.6 Å². The van der Waals surface area contributed by atoms with Crippen molar-refractivity contribution in [3.8, 4) is 0 Å². The average Bonchev–Trinajstić information content (AvgIpc) is 3.39. The highest BCUT2D eigenvalue weighted by Gasteiger charge is 2.32. The zero-order valence-corrected chi connectivity index (χ0v) is 19.5. The van der Waals surface area contributed by atoms with E-state index in [1.54, 1.807) is 0 Å². The molecule has 6 nitrogen and oxygen atoms in total. The Morgan fingerprint density at radius 1 is 0.853 bits per heavy atom. The van der Waals surface area contributed by atoms with Crippen molar-refractivity contribution in [2.24, 2.45) is 5.92 Å². The van der Waals surface area contributed by atoms with Crippen molar-refractivity contribution in [2.45, 2.75) is 19.4 Å². The Morgan fingerprint density at radius 3 is 2.47 bits per heavy atom. The lowest BCUT2D eigenvalue weighted by Gasteiger charge is -2.39. The van der Waals surface area contributed by atoms with Gasteiger partial charge in [-0.25, -0.2) is 4.98 Å². The third-order valence-electron chi connectivity index (χ3n) is 7.35. The van der Waals surface area contributed by atoms with Gasteiger partial charge in [-0.3, -0.25) is 9.69 Å². The molecule has 2 aromatic heterocycles. The number of carbonyl (C=O) groups is 1. The Hall–Kier alpha value is -3.38. The fourth-order valence-electron chi connectivity index (χ4n) is 5.54. The molecule has 0 spiro atoms. The van der Waals surface area contributed by atoms with Crippen LogP contribution in [-0.2, 0) is 11.3 Å². The Kier molecular flexibility index (Phi) is 5.67. The minimum atomic E-state index is 0.0395. The molecule has 2 aliphatic rings. The Bertz CT molecular complexity index is 1290. The van der Waals surface area contributed by atoms with Crippen LogP contribution in [0.1, 0.15) is 18.4 Å². The SMILES string of the molecule is O=C(C1CCCN(c2nc3ccccc3n3cccc23)C1)N1CCN(Cc2ccccc2)CC1. The van der Waals surface area contributed by atoms with Gasteiger partial charge >= 0.3 is 0 Å². The van der Waals surface area contributed by atoms with E-state index in [1.165, 1.54) is 5.56 Å². The van der Waals surface area contributed by atoms with Gasteiger partial charge in [-0.1, -0.05) is 42.5 Å². The standard InChI is InChI=1S/C28H31N5O/c34-28(31-18-16-30(17-19-31)20-22-8-2-1-3-9-22)23-10-6-14-32(21-23)27-26-13-7-15-33(26)25-12-5-4-11-24(25)29-27/h1-5,7-9,11-13,15,23H,6,10,14,16-21H2. The summed E-state index contributed by atoms with van der Waals surface area (Å²) in [6, 6.07) is 23.1. The predicted octanol–water partition coefficient (Wildman–Crippen LogP) is 4.05. The first-order valence-electron chi connectivity index (χ1n) is 12.4. The summed E-state index contributed by atoms with van der Waals surface area (Å²) in [6.07, 6.45) is 4.08.